The second-order valence-corrected chi connectivity index (χ2v) is 6.70. The van der Waals surface area contributed by atoms with Gasteiger partial charge in [-0.3, -0.25) is 0 Å². The maximum Gasteiger partial charge on any atom is 0 e. The summed E-state index contributed by atoms with van der Waals surface area (Å²) in [4.78, 5) is 0. The van der Waals surface area contributed by atoms with Crippen LogP contribution in [-0.2, 0) is 0 Å². The molecule has 0 unspecified atom stereocenters. The van der Waals surface area contributed by atoms with Crippen LogP contribution in [0.5, 0.6) is 0 Å². The molecule has 22 heavy (non-hydrogen) atoms. The Labute approximate surface area is 160 Å². The van der Waals surface area contributed by atoms with E-state index in [1.54, 1.807) is 0 Å². The molecular formula is C20H43BiN. The molecule has 0 bridgehead atoms. The van der Waals surface area contributed by atoms with Gasteiger partial charge in [-0.1, -0.05) is 104 Å². The molecule has 1 nitrogen and oxygen atoms in total. The first-order valence-electron chi connectivity index (χ1n) is 10.1. The first-order valence-corrected chi connectivity index (χ1v) is 10.1. The Morgan fingerprint density at radius 1 is 0.409 bits per heavy atom. The van der Waals surface area contributed by atoms with Gasteiger partial charge in [0.15, 0.2) is 0 Å². The van der Waals surface area contributed by atoms with E-state index >= 15 is 0 Å². The van der Waals surface area contributed by atoms with E-state index in [1.807, 2.05) is 0 Å². The molecule has 0 spiro atoms. The summed E-state index contributed by atoms with van der Waals surface area (Å²) in [5.41, 5.74) is 0. The molecule has 0 aliphatic heterocycles. The molecular weight excluding hydrogens is 463 g/mol. The van der Waals surface area contributed by atoms with Crippen LogP contribution in [0.15, 0.2) is 0 Å². The van der Waals surface area contributed by atoms with E-state index in [4.69, 9.17) is 0 Å². The zero-order valence-corrected chi connectivity index (χ0v) is 19.2. The third kappa shape index (κ3) is 23.1. The van der Waals surface area contributed by atoms with Crippen LogP contribution in [-0.4, -0.2) is 39.3 Å². The summed E-state index contributed by atoms with van der Waals surface area (Å²) in [5, 5.41) is 3.61. The third-order valence-electron chi connectivity index (χ3n) is 4.41. The molecule has 0 heterocycles. The molecule has 0 atom stereocenters. The molecule has 2 heteroatoms. The van der Waals surface area contributed by atoms with Gasteiger partial charge in [0.05, 0.1) is 0 Å². The van der Waals surface area contributed by atoms with E-state index < -0.39 is 0 Å². The summed E-state index contributed by atoms with van der Waals surface area (Å²) in [7, 11) is 0. The molecule has 0 aromatic carbocycles. The van der Waals surface area contributed by atoms with Crippen LogP contribution in [0, 0.1) is 0 Å². The van der Waals surface area contributed by atoms with Crippen LogP contribution < -0.4 is 5.32 Å². The normalized spacial score (nSPS) is 10.6. The Hall–Kier alpha value is 0.843. The van der Waals surface area contributed by atoms with E-state index in [0.717, 1.165) is 0 Å². The first kappa shape index (κ1) is 25.1. The Balaban J connectivity index is 0. The van der Waals surface area contributed by atoms with Crippen LogP contribution >= 0.6 is 0 Å². The van der Waals surface area contributed by atoms with E-state index in [2.05, 4.69) is 19.2 Å². The summed E-state index contributed by atoms with van der Waals surface area (Å²) < 4.78 is 0. The average molecular weight is 507 g/mol. The second kappa shape index (κ2) is 24.1. The van der Waals surface area contributed by atoms with E-state index in [-0.39, 0.29) is 26.2 Å². The van der Waals surface area contributed by atoms with Crippen LogP contribution in [0.4, 0.5) is 0 Å². The second-order valence-electron chi connectivity index (χ2n) is 6.70. The minimum atomic E-state index is 0. The van der Waals surface area contributed by atoms with Crippen molar-refractivity contribution in [2.24, 2.45) is 0 Å². The predicted octanol–water partition coefficient (Wildman–Crippen LogP) is 6.48. The molecule has 0 aromatic heterocycles. The van der Waals surface area contributed by atoms with Crippen molar-refractivity contribution in [2.75, 3.05) is 13.1 Å². The van der Waals surface area contributed by atoms with Gasteiger partial charge in [-0.2, -0.15) is 0 Å². The molecule has 0 aliphatic carbocycles. The minimum Gasteiger partial charge on any atom is -0.317 e. The first-order chi connectivity index (χ1) is 10.4. The molecule has 133 valence electrons. The molecule has 1 N–H and O–H groups in total. The minimum absolute atomic E-state index is 0. The summed E-state index contributed by atoms with van der Waals surface area (Å²) in [6.45, 7) is 7.06. The third-order valence-corrected chi connectivity index (χ3v) is 4.41. The van der Waals surface area contributed by atoms with E-state index in [0.29, 0.717) is 0 Å². The summed E-state index contributed by atoms with van der Waals surface area (Å²) in [5.74, 6) is 0. The van der Waals surface area contributed by atoms with E-state index in [9.17, 15) is 0 Å². The predicted molar refractivity (Wildman–Crippen MR) is 104 cm³/mol. The van der Waals surface area contributed by atoms with Gasteiger partial charge in [-0.15, -0.1) is 0 Å². The van der Waals surface area contributed by atoms with E-state index in [1.165, 1.54) is 116 Å². The summed E-state index contributed by atoms with van der Waals surface area (Å²) in [6, 6.07) is 0. The van der Waals surface area contributed by atoms with Gasteiger partial charge in [-0.05, 0) is 25.9 Å². The van der Waals surface area contributed by atoms with Crippen LogP contribution in [0.2, 0.25) is 0 Å². The van der Waals surface area contributed by atoms with Crippen molar-refractivity contribution < 1.29 is 0 Å². The molecule has 0 fully saturated rings. The number of rotatable bonds is 18. The maximum atomic E-state index is 3.61. The molecule has 0 aliphatic rings. The van der Waals surface area contributed by atoms with Gasteiger partial charge in [0.25, 0.3) is 0 Å². The summed E-state index contributed by atoms with van der Waals surface area (Å²) >= 11 is 0. The average Bonchev–Trinajstić information content (AvgIpc) is 2.50. The van der Waals surface area contributed by atoms with Gasteiger partial charge in [-0.25, -0.2) is 0 Å². The van der Waals surface area contributed by atoms with Crippen molar-refractivity contribution in [3.63, 3.8) is 0 Å². The standard InChI is InChI=1S/C20H43N.Bi/c1-3-5-7-9-11-13-15-17-19-21-20-18-16-14-12-10-8-6-4-2;/h21H,3-20H2,1-2H3;. The van der Waals surface area contributed by atoms with Gasteiger partial charge >= 0.3 is 0 Å². The Morgan fingerprint density at radius 2 is 0.682 bits per heavy atom. The Morgan fingerprint density at radius 3 is 1.00 bits per heavy atom. The quantitative estimate of drug-likeness (QED) is 0.166. The zero-order chi connectivity index (χ0) is 15.4. The van der Waals surface area contributed by atoms with Gasteiger partial charge in [0, 0.05) is 26.2 Å². The van der Waals surface area contributed by atoms with Crippen LogP contribution in [0.3, 0.4) is 0 Å². The van der Waals surface area contributed by atoms with Crippen molar-refractivity contribution in [1.29, 1.82) is 0 Å². The topological polar surface area (TPSA) is 12.0 Å². The van der Waals surface area contributed by atoms with Gasteiger partial charge < -0.3 is 5.32 Å². The fourth-order valence-corrected chi connectivity index (χ4v) is 2.89. The number of hydrogen-bond donors (Lipinski definition) is 1. The van der Waals surface area contributed by atoms with Crippen molar-refractivity contribution in [3.05, 3.63) is 0 Å². The van der Waals surface area contributed by atoms with Crippen molar-refractivity contribution in [2.45, 2.75) is 117 Å². The van der Waals surface area contributed by atoms with Crippen LogP contribution in [0.25, 0.3) is 0 Å². The Bertz CT molecular complexity index is 155. The Kier molecular flexibility index (Phi) is 27.5. The van der Waals surface area contributed by atoms with Crippen LogP contribution in [0.1, 0.15) is 117 Å². The number of hydrogen-bond acceptors (Lipinski definition) is 1. The fourth-order valence-electron chi connectivity index (χ4n) is 2.89. The van der Waals surface area contributed by atoms with Crippen molar-refractivity contribution in [3.8, 4) is 0 Å². The molecule has 0 saturated carbocycles. The number of unbranched alkanes of at least 4 members (excludes halogenated alkanes) is 14. The molecule has 0 saturated heterocycles. The molecule has 3 radical (unpaired) electrons. The fraction of sp³-hybridized carbons (Fsp3) is 1.00. The summed E-state index contributed by atoms with van der Waals surface area (Å²) in [6.07, 6.45) is 22.8. The number of nitrogens with one attached hydrogen (secondary N) is 1. The molecule has 0 aromatic rings. The van der Waals surface area contributed by atoms with Gasteiger partial charge in [0.1, 0.15) is 0 Å². The molecule has 0 amide bonds. The monoisotopic (exact) mass is 506 g/mol. The molecule has 0 rings (SSSR count). The van der Waals surface area contributed by atoms with Crippen molar-refractivity contribution in [1.82, 2.24) is 5.32 Å². The SMILES string of the molecule is CCCCCCCCCCNCCCCCCCCCC.[Bi]. The zero-order valence-electron chi connectivity index (χ0n) is 15.7. The smallest absolute Gasteiger partial charge is 0 e. The largest absolute Gasteiger partial charge is 0.317 e. The maximum absolute atomic E-state index is 3.61. The van der Waals surface area contributed by atoms with Crippen molar-refractivity contribution >= 4 is 26.2 Å². The van der Waals surface area contributed by atoms with Gasteiger partial charge in [0.2, 0.25) is 0 Å².